The second kappa shape index (κ2) is 5.56. The number of anilines is 1. The first kappa shape index (κ1) is 12.5. The lowest BCUT2D eigenvalue weighted by Crippen LogP contribution is -2.00. The SMILES string of the molecule is Cc1ccc(NCc2ccccc2Br)c(Cl)c1. The van der Waals surface area contributed by atoms with E-state index in [2.05, 4.69) is 27.3 Å². The highest BCUT2D eigenvalue weighted by Gasteiger charge is 2.02. The highest BCUT2D eigenvalue weighted by molar-refractivity contribution is 9.10. The van der Waals surface area contributed by atoms with Crippen LogP contribution in [0, 0.1) is 6.92 Å². The molecular formula is C14H13BrClN. The summed E-state index contributed by atoms with van der Waals surface area (Å²) in [4.78, 5) is 0. The molecular weight excluding hydrogens is 298 g/mol. The number of benzene rings is 2. The fourth-order valence-corrected chi connectivity index (χ4v) is 2.32. The third kappa shape index (κ3) is 3.24. The summed E-state index contributed by atoms with van der Waals surface area (Å²) in [6.07, 6.45) is 0. The molecule has 1 N–H and O–H groups in total. The first-order chi connectivity index (χ1) is 8.16. The predicted molar refractivity (Wildman–Crippen MR) is 77.7 cm³/mol. The highest BCUT2D eigenvalue weighted by atomic mass is 79.9. The standard InChI is InChI=1S/C14H13BrClN/c1-10-6-7-14(13(16)8-10)17-9-11-4-2-3-5-12(11)15/h2-8,17H,9H2,1H3. The Labute approximate surface area is 115 Å². The van der Waals surface area contributed by atoms with E-state index in [1.807, 2.05) is 43.3 Å². The summed E-state index contributed by atoms with van der Waals surface area (Å²) < 4.78 is 1.11. The average Bonchev–Trinajstić information content (AvgIpc) is 2.30. The van der Waals surface area contributed by atoms with Crippen molar-refractivity contribution in [2.75, 3.05) is 5.32 Å². The van der Waals surface area contributed by atoms with Crippen molar-refractivity contribution in [2.45, 2.75) is 13.5 Å². The van der Waals surface area contributed by atoms with Crippen molar-refractivity contribution in [3.05, 3.63) is 63.1 Å². The van der Waals surface area contributed by atoms with E-state index in [4.69, 9.17) is 11.6 Å². The second-order valence-electron chi connectivity index (χ2n) is 3.93. The van der Waals surface area contributed by atoms with Gasteiger partial charge in [-0.15, -0.1) is 0 Å². The van der Waals surface area contributed by atoms with Crippen LogP contribution in [0.2, 0.25) is 5.02 Å². The predicted octanol–water partition coefficient (Wildman–Crippen LogP) is 5.02. The Balaban J connectivity index is 2.10. The first-order valence-corrected chi connectivity index (χ1v) is 6.57. The number of hydrogen-bond donors (Lipinski definition) is 1. The summed E-state index contributed by atoms with van der Waals surface area (Å²) in [5, 5.41) is 4.10. The van der Waals surface area contributed by atoms with Crippen LogP contribution >= 0.6 is 27.5 Å². The van der Waals surface area contributed by atoms with Crippen molar-refractivity contribution in [3.8, 4) is 0 Å². The molecule has 0 amide bonds. The normalized spacial score (nSPS) is 10.3. The molecule has 0 fully saturated rings. The summed E-state index contributed by atoms with van der Waals surface area (Å²) >= 11 is 9.69. The lowest BCUT2D eigenvalue weighted by Gasteiger charge is -2.10. The van der Waals surface area contributed by atoms with Crippen LogP contribution in [0.25, 0.3) is 0 Å². The fourth-order valence-electron chi connectivity index (χ4n) is 1.60. The molecule has 0 heterocycles. The maximum absolute atomic E-state index is 6.16. The number of hydrogen-bond acceptors (Lipinski definition) is 1. The van der Waals surface area contributed by atoms with Crippen LogP contribution in [-0.2, 0) is 6.54 Å². The molecule has 0 unspecified atom stereocenters. The van der Waals surface area contributed by atoms with Crippen LogP contribution in [0.15, 0.2) is 46.9 Å². The van der Waals surface area contributed by atoms with Crippen LogP contribution in [0.4, 0.5) is 5.69 Å². The van der Waals surface area contributed by atoms with E-state index in [-0.39, 0.29) is 0 Å². The van der Waals surface area contributed by atoms with Gasteiger partial charge in [-0.05, 0) is 36.2 Å². The van der Waals surface area contributed by atoms with Crippen LogP contribution in [-0.4, -0.2) is 0 Å². The van der Waals surface area contributed by atoms with Gasteiger partial charge >= 0.3 is 0 Å². The van der Waals surface area contributed by atoms with Gasteiger partial charge in [0.15, 0.2) is 0 Å². The van der Waals surface area contributed by atoms with Gasteiger partial charge in [0.25, 0.3) is 0 Å². The molecule has 1 nitrogen and oxygen atoms in total. The van der Waals surface area contributed by atoms with E-state index in [1.165, 1.54) is 11.1 Å². The quantitative estimate of drug-likeness (QED) is 0.839. The molecule has 2 rings (SSSR count). The maximum Gasteiger partial charge on any atom is 0.0640 e. The van der Waals surface area contributed by atoms with Crippen molar-refractivity contribution in [1.29, 1.82) is 0 Å². The number of aryl methyl sites for hydroxylation is 1. The van der Waals surface area contributed by atoms with Gasteiger partial charge in [0.2, 0.25) is 0 Å². The van der Waals surface area contributed by atoms with Crippen molar-refractivity contribution in [2.24, 2.45) is 0 Å². The molecule has 0 aliphatic rings. The lowest BCUT2D eigenvalue weighted by atomic mass is 10.2. The number of rotatable bonds is 3. The second-order valence-corrected chi connectivity index (χ2v) is 5.19. The minimum Gasteiger partial charge on any atom is -0.380 e. The van der Waals surface area contributed by atoms with E-state index in [9.17, 15) is 0 Å². The Hall–Kier alpha value is -0.990. The molecule has 0 radical (unpaired) electrons. The molecule has 0 bridgehead atoms. The summed E-state index contributed by atoms with van der Waals surface area (Å²) in [5.74, 6) is 0. The Morgan fingerprint density at radius 3 is 2.65 bits per heavy atom. The summed E-state index contributed by atoms with van der Waals surface area (Å²) in [7, 11) is 0. The molecule has 0 saturated heterocycles. The molecule has 0 aliphatic heterocycles. The molecule has 17 heavy (non-hydrogen) atoms. The maximum atomic E-state index is 6.16. The van der Waals surface area contributed by atoms with Gasteiger partial charge in [-0.3, -0.25) is 0 Å². The summed E-state index contributed by atoms with van der Waals surface area (Å²) in [5.41, 5.74) is 3.35. The summed E-state index contributed by atoms with van der Waals surface area (Å²) in [6.45, 7) is 2.79. The monoisotopic (exact) mass is 309 g/mol. The minimum absolute atomic E-state index is 0.754. The van der Waals surface area contributed by atoms with Gasteiger partial charge in [-0.25, -0.2) is 0 Å². The molecule has 0 aromatic heterocycles. The zero-order chi connectivity index (χ0) is 12.3. The third-order valence-electron chi connectivity index (χ3n) is 2.55. The zero-order valence-corrected chi connectivity index (χ0v) is 11.8. The Kier molecular flexibility index (Phi) is 4.08. The van der Waals surface area contributed by atoms with Crippen molar-refractivity contribution in [3.63, 3.8) is 0 Å². The first-order valence-electron chi connectivity index (χ1n) is 5.40. The Morgan fingerprint density at radius 1 is 1.18 bits per heavy atom. The van der Waals surface area contributed by atoms with Gasteiger partial charge in [-0.1, -0.05) is 51.8 Å². The van der Waals surface area contributed by atoms with Gasteiger partial charge in [0.1, 0.15) is 0 Å². The van der Waals surface area contributed by atoms with Crippen LogP contribution < -0.4 is 5.32 Å². The lowest BCUT2D eigenvalue weighted by molar-refractivity contribution is 1.14. The van der Waals surface area contributed by atoms with Crippen molar-refractivity contribution >= 4 is 33.2 Å². The van der Waals surface area contributed by atoms with Crippen LogP contribution in [0.5, 0.6) is 0 Å². The Morgan fingerprint density at radius 2 is 1.94 bits per heavy atom. The van der Waals surface area contributed by atoms with Gasteiger partial charge < -0.3 is 5.32 Å². The zero-order valence-electron chi connectivity index (χ0n) is 9.50. The van der Waals surface area contributed by atoms with Gasteiger partial charge in [-0.2, -0.15) is 0 Å². The topological polar surface area (TPSA) is 12.0 Å². The van der Waals surface area contributed by atoms with E-state index >= 15 is 0 Å². The molecule has 3 heteroatoms. The van der Waals surface area contributed by atoms with Gasteiger partial charge in [0, 0.05) is 11.0 Å². The van der Waals surface area contributed by atoms with Crippen LogP contribution in [0.3, 0.4) is 0 Å². The minimum atomic E-state index is 0.754. The molecule has 2 aromatic rings. The van der Waals surface area contributed by atoms with E-state index < -0.39 is 0 Å². The highest BCUT2D eigenvalue weighted by Crippen LogP contribution is 2.24. The van der Waals surface area contributed by atoms with E-state index in [0.717, 1.165) is 21.7 Å². The molecule has 2 aromatic carbocycles. The molecule has 0 spiro atoms. The van der Waals surface area contributed by atoms with Crippen LogP contribution in [0.1, 0.15) is 11.1 Å². The van der Waals surface area contributed by atoms with E-state index in [0.29, 0.717) is 0 Å². The Bertz CT molecular complexity index is 525. The number of halogens is 2. The molecule has 0 aliphatic carbocycles. The smallest absolute Gasteiger partial charge is 0.0640 e. The molecule has 0 saturated carbocycles. The van der Waals surface area contributed by atoms with Crippen molar-refractivity contribution in [1.82, 2.24) is 0 Å². The summed E-state index contributed by atoms with van der Waals surface area (Å²) in [6, 6.07) is 14.2. The number of nitrogens with one attached hydrogen (secondary N) is 1. The average molecular weight is 311 g/mol. The van der Waals surface area contributed by atoms with E-state index in [1.54, 1.807) is 0 Å². The molecule has 0 atom stereocenters. The third-order valence-corrected chi connectivity index (χ3v) is 3.64. The van der Waals surface area contributed by atoms with Gasteiger partial charge in [0.05, 0.1) is 10.7 Å². The van der Waals surface area contributed by atoms with Crippen molar-refractivity contribution < 1.29 is 0 Å². The molecule has 88 valence electrons. The largest absolute Gasteiger partial charge is 0.380 e. The fraction of sp³-hybridized carbons (Fsp3) is 0.143.